The second-order valence-corrected chi connectivity index (χ2v) is 7.47. The van der Waals surface area contributed by atoms with Crippen molar-refractivity contribution in [2.75, 3.05) is 18.4 Å². The van der Waals surface area contributed by atoms with Crippen LogP contribution < -0.4 is 5.32 Å². The van der Waals surface area contributed by atoms with Gasteiger partial charge >= 0.3 is 0 Å². The second kappa shape index (κ2) is 7.76. The van der Waals surface area contributed by atoms with Gasteiger partial charge in [0.25, 0.3) is 5.91 Å². The van der Waals surface area contributed by atoms with Crippen LogP contribution in [-0.2, 0) is 10.0 Å². The Balaban J connectivity index is 2.19. The van der Waals surface area contributed by atoms with Gasteiger partial charge in [-0.25, -0.2) is 12.8 Å². The predicted octanol–water partition coefficient (Wildman–Crippen LogP) is 3.42. The van der Waals surface area contributed by atoms with E-state index in [-0.39, 0.29) is 4.90 Å². The Labute approximate surface area is 147 Å². The van der Waals surface area contributed by atoms with Gasteiger partial charge in [-0.3, -0.25) is 4.79 Å². The summed E-state index contributed by atoms with van der Waals surface area (Å²) in [4.78, 5) is 12.4. The minimum Gasteiger partial charge on any atom is -0.322 e. The zero-order chi connectivity index (χ0) is 18.6. The first-order chi connectivity index (χ1) is 11.8. The first kappa shape index (κ1) is 19.1. The molecular weight excluding hydrogens is 343 g/mol. The molecule has 5 nitrogen and oxygen atoms in total. The van der Waals surface area contributed by atoms with Gasteiger partial charge in [-0.15, -0.1) is 0 Å². The molecule has 2 rings (SSSR count). The van der Waals surface area contributed by atoms with Gasteiger partial charge in [-0.05, 0) is 48.9 Å². The third kappa shape index (κ3) is 4.24. The number of hydrogen-bond donors (Lipinski definition) is 1. The molecule has 0 saturated heterocycles. The normalized spacial score (nSPS) is 11.6. The van der Waals surface area contributed by atoms with Gasteiger partial charge in [-0.2, -0.15) is 4.31 Å². The molecule has 0 saturated carbocycles. The summed E-state index contributed by atoms with van der Waals surface area (Å²) in [5.41, 5.74) is 1.12. The summed E-state index contributed by atoms with van der Waals surface area (Å²) in [5.74, 6) is -0.839. The molecule has 0 aromatic heterocycles. The fourth-order valence-electron chi connectivity index (χ4n) is 2.36. The molecule has 1 N–H and O–H groups in total. The summed E-state index contributed by atoms with van der Waals surface area (Å²) < 4.78 is 39.7. The Hall–Kier alpha value is -2.25. The number of nitrogens with one attached hydrogen (secondary N) is 1. The van der Waals surface area contributed by atoms with Crippen molar-refractivity contribution in [3.05, 3.63) is 59.4 Å². The van der Waals surface area contributed by atoms with Crippen molar-refractivity contribution in [1.82, 2.24) is 4.31 Å². The fraction of sp³-hybridized carbons (Fsp3) is 0.278. The SMILES string of the molecule is CCN(CC)S(=O)(=O)c1ccc(C(=O)Nc2ccc(C)c(F)c2)cc1. The Bertz CT molecular complexity index is 860. The number of halogens is 1. The molecule has 0 aliphatic rings. The number of carbonyl (C=O) groups excluding carboxylic acids is 1. The maximum absolute atomic E-state index is 13.5. The van der Waals surface area contributed by atoms with Gasteiger partial charge in [0.15, 0.2) is 0 Å². The number of benzene rings is 2. The van der Waals surface area contributed by atoms with Gasteiger partial charge in [-0.1, -0.05) is 19.9 Å². The number of rotatable bonds is 6. The van der Waals surface area contributed by atoms with Crippen LogP contribution in [-0.4, -0.2) is 31.7 Å². The van der Waals surface area contributed by atoms with Crippen molar-refractivity contribution in [1.29, 1.82) is 0 Å². The molecule has 1 amide bonds. The fourth-order valence-corrected chi connectivity index (χ4v) is 3.82. The number of anilines is 1. The maximum atomic E-state index is 13.5. The minimum atomic E-state index is -3.56. The molecule has 0 spiro atoms. The van der Waals surface area contributed by atoms with E-state index in [0.29, 0.717) is 29.9 Å². The van der Waals surface area contributed by atoms with Crippen molar-refractivity contribution in [2.24, 2.45) is 0 Å². The largest absolute Gasteiger partial charge is 0.322 e. The van der Waals surface area contributed by atoms with Crippen LogP contribution in [0.1, 0.15) is 29.8 Å². The van der Waals surface area contributed by atoms with Crippen LogP contribution >= 0.6 is 0 Å². The number of sulfonamides is 1. The lowest BCUT2D eigenvalue weighted by molar-refractivity contribution is 0.102. The molecule has 0 unspecified atom stereocenters. The van der Waals surface area contributed by atoms with Crippen LogP contribution in [0.4, 0.5) is 10.1 Å². The topological polar surface area (TPSA) is 66.5 Å². The lowest BCUT2D eigenvalue weighted by Crippen LogP contribution is -2.30. The van der Waals surface area contributed by atoms with Crippen molar-refractivity contribution >= 4 is 21.6 Å². The van der Waals surface area contributed by atoms with Crippen LogP contribution in [0.5, 0.6) is 0 Å². The molecule has 0 radical (unpaired) electrons. The molecule has 0 bridgehead atoms. The smallest absolute Gasteiger partial charge is 0.255 e. The van der Waals surface area contributed by atoms with E-state index in [9.17, 15) is 17.6 Å². The summed E-state index contributed by atoms with van der Waals surface area (Å²) >= 11 is 0. The second-order valence-electron chi connectivity index (χ2n) is 5.53. The van der Waals surface area contributed by atoms with E-state index in [1.165, 1.54) is 34.6 Å². The zero-order valence-corrected chi connectivity index (χ0v) is 15.2. The highest BCUT2D eigenvalue weighted by Crippen LogP contribution is 2.18. The molecule has 25 heavy (non-hydrogen) atoms. The lowest BCUT2D eigenvalue weighted by atomic mass is 10.2. The first-order valence-corrected chi connectivity index (χ1v) is 9.41. The first-order valence-electron chi connectivity index (χ1n) is 7.97. The summed E-state index contributed by atoms with van der Waals surface area (Å²) in [6.45, 7) is 5.92. The maximum Gasteiger partial charge on any atom is 0.255 e. The number of amides is 1. The van der Waals surface area contributed by atoms with E-state index in [2.05, 4.69) is 5.32 Å². The van der Waals surface area contributed by atoms with Crippen molar-refractivity contribution in [3.8, 4) is 0 Å². The van der Waals surface area contributed by atoms with E-state index >= 15 is 0 Å². The van der Waals surface area contributed by atoms with Crippen LogP contribution in [0.2, 0.25) is 0 Å². The quantitative estimate of drug-likeness (QED) is 0.854. The van der Waals surface area contributed by atoms with E-state index in [0.717, 1.165) is 0 Å². The molecule has 0 aliphatic heterocycles. The van der Waals surface area contributed by atoms with E-state index < -0.39 is 21.7 Å². The highest BCUT2D eigenvalue weighted by atomic mass is 32.2. The van der Waals surface area contributed by atoms with Crippen molar-refractivity contribution < 1.29 is 17.6 Å². The van der Waals surface area contributed by atoms with Crippen LogP contribution in [0.25, 0.3) is 0 Å². The van der Waals surface area contributed by atoms with Gasteiger partial charge < -0.3 is 5.32 Å². The molecule has 134 valence electrons. The lowest BCUT2D eigenvalue weighted by Gasteiger charge is -2.18. The summed E-state index contributed by atoms with van der Waals surface area (Å²) in [7, 11) is -3.56. The van der Waals surface area contributed by atoms with E-state index in [1.54, 1.807) is 32.9 Å². The number of nitrogens with zero attached hydrogens (tertiary/aromatic N) is 1. The predicted molar refractivity (Wildman–Crippen MR) is 95.6 cm³/mol. The minimum absolute atomic E-state index is 0.133. The third-order valence-electron chi connectivity index (χ3n) is 3.89. The molecule has 0 heterocycles. The number of aryl methyl sites for hydroxylation is 1. The van der Waals surface area contributed by atoms with Crippen LogP contribution in [0.3, 0.4) is 0 Å². The average molecular weight is 364 g/mol. The van der Waals surface area contributed by atoms with Crippen LogP contribution in [0, 0.1) is 12.7 Å². The zero-order valence-electron chi connectivity index (χ0n) is 14.4. The summed E-state index contributed by atoms with van der Waals surface area (Å²) in [5, 5.41) is 2.59. The summed E-state index contributed by atoms with van der Waals surface area (Å²) in [6.07, 6.45) is 0. The molecule has 2 aromatic carbocycles. The van der Waals surface area contributed by atoms with Crippen molar-refractivity contribution in [2.45, 2.75) is 25.7 Å². The van der Waals surface area contributed by atoms with Gasteiger partial charge in [0, 0.05) is 24.3 Å². The van der Waals surface area contributed by atoms with E-state index in [1.807, 2.05) is 0 Å². The third-order valence-corrected chi connectivity index (χ3v) is 5.95. The number of carbonyl (C=O) groups is 1. The molecular formula is C18H21FN2O3S. The molecule has 0 atom stereocenters. The molecule has 2 aromatic rings. The van der Waals surface area contributed by atoms with Gasteiger partial charge in [0.2, 0.25) is 10.0 Å². The Kier molecular flexibility index (Phi) is 5.92. The summed E-state index contributed by atoms with van der Waals surface area (Å²) in [6, 6.07) is 10.1. The average Bonchev–Trinajstić information content (AvgIpc) is 2.59. The Morgan fingerprint density at radius 3 is 2.20 bits per heavy atom. The highest BCUT2D eigenvalue weighted by molar-refractivity contribution is 7.89. The van der Waals surface area contributed by atoms with Gasteiger partial charge in [0.1, 0.15) is 5.82 Å². The molecule has 0 aliphatic carbocycles. The molecule has 7 heteroatoms. The monoisotopic (exact) mass is 364 g/mol. The Morgan fingerprint density at radius 1 is 1.08 bits per heavy atom. The molecule has 0 fully saturated rings. The Morgan fingerprint density at radius 2 is 1.68 bits per heavy atom. The van der Waals surface area contributed by atoms with E-state index in [4.69, 9.17) is 0 Å². The van der Waals surface area contributed by atoms with Crippen LogP contribution in [0.15, 0.2) is 47.4 Å². The van der Waals surface area contributed by atoms with Crippen molar-refractivity contribution in [3.63, 3.8) is 0 Å². The van der Waals surface area contributed by atoms with Gasteiger partial charge in [0.05, 0.1) is 4.90 Å². The number of hydrogen-bond acceptors (Lipinski definition) is 3. The highest BCUT2D eigenvalue weighted by Gasteiger charge is 2.21. The standard InChI is InChI=1S/C18H21FN2O3S/c1-4-21(5-2)25(23,24)16-10-7-14(8-11-16)18(22)20-15-9-6-13(3)17(19)12-15/h6-12H,4-5H2,1-3H3,(H,20,22).